The van der Waals surface area contributed by atoms with Crippen LogP contribution in [0.2, 0.25) is 0 Å². The average molecular weight is 212 g/mol. The molecule has 0 atom stereocenters. The Hall–Kier alpha value is -0.600. The highest BCUT2D eigenvalue weighted by Gasteiger charge is 2.00. The molecule has 0 fully saturated rings. The third-order valence-corrected chi connectivity index (χ3v) is 1.84. The molecule has 0 amide bonds. The molecule has 0 aliphatic carbocycles. The summed E-state index contributed by atoms with van der Waals surface area (Å²) < 4.78 is 10.8. The number of ether oxygens (including phenoxy) is 2. The van der Waals surface area contributed by atoms with Gasteiger partial charge in [-0.25, -0.2) is 0 Å². The fourth-order valence-electron chi connectivity index (χ4n) is 1.16. The van der Waals surface area contributed by atoms with E-state index in [2.05, 4.69) is 26.0 Å². The van der Waals surface area contributed by atoms with E-state index in [1.165, 1.54) is 5.57 Å². The van der Waals surface area contributed by atoms with Crippen molar-refractivity contribution < 1.29 is 9.47 Å². The molecule has 15 heavy (non-hydrogen) atoms. The lowest BCUT2D eigenvalue weighted by Crippen LogP contribution is -2.13. The maximum atomic E-state index is 5.39. The van der Waals surface area contributed by atoms with Crippen LogP contribution >= 0.6 is 0 Å². The quantitative estimate of drug-likeness (QED) is 0.347. The Kier molecular flexibility index (Phi) is 9.54. The van der Waals surface area contributed by atoms with Gasteiger partial charge in [0, 0.05) is 13.2 Å². The van der Waals surface area contributed by atoms with Crippen LogP contribution in [0.15, 0.2) is 23.8 Å². The average Bonchev–Trinajstić information content (AvgIpc) is 2.17. The van der Waals surface area contributed by atoms with E-state index in [1.807, 2.05) is 19.9 Å². The number of rotatable bonds is 8. The zero-order valence-electron chi connectivity index (χ0n) is 10.5. The number of unbranched alkanes of at least 4 members (excludes halogenated alkanes) is 1. The number of allylic oxidation sites excluding steroid dienone is 3. The summed E-state index contributed by atoms with van der Waals surface area (Å²) in [6.45, 7) is 9.55. The van der Waals surface area contributed by atoms with Gasteiger partial charge in [-0.3, -0.25) is 0 Å². The molecule has 0 saturated carbocycles. The molecule has 0 bridgehead atoms. The van der Waals surface area contributed by atoms with Gasteiger partial charge in [-0.1, -0.05) is 17.7 Å². The highest BCUT2D eigenvalue weighted by atomic mass is 16.7. The van der Waals surface area contributed by atoms with E-state index in [9.17, 15) is 0 Å². The van der Waals surface area contributed by atoms with Gasteiger partial charge in [-0.05, 0) is 46.6 Å². The standard InChI is InChI=1S/C13H24O2/c1-5-14-13(15-6-2)11-9-7-8-10-12(3)4/h9-11,13H,5-8H2,1-4H3. The van der Waals surface area contributed by atoms with Gasteiger partial charge in [0.15, 0.2) is 6.29 Å². The zero-order chi connectivity index (χ0) is 11.5. The Morgan fingerprint density at radius 3 is 2.13 bits per heavy atom. The lowest BCUT2D eigenvalue weighted by molar-refractivity contribution is -0.104. The fourth-order valence-corrected chi connectivity index (χ4v) is 1.16. The molecule has 0 rings (SSSR count). The number of hydrogen-bond donors (Lipinski definition) is 0. The van der Waals surface area contributed by atoms with E-state index in [1.54, 1.807) is 0 Å². The summed E-state index contributed by atoms with van der Waals surface area (Å²) in [5.41, 5.74) is 1.37. The summed E-state index contributed by atoms with van der Waals surface area (Å²) in [5.74, 6) is 0. The largest absolute Gasteiger partial charge is 0.349 e. The predicted octanol–water partition coefficient (Wildman–Crippen LogP) is 3.69. The van der Waals surface area contributed by atoms with Crippen LogP contribution in [-0.2, 0) is 9.47 Å². The molecule has 0 aromatic carbocycles. The molecule has 0 unspecified atom stereocenters. The van der Waals surface area contributed by atoms with Crippen molar-refractivity contribution in [3.8, 4) is 0 Å². The Morgan fingerprint density at radius 2 is 1.67 bits per heavy atom. The van der Waals surface area contributed by atoms with Crippen LogP contribution in [0.25, 0.3) is 0 Å². The zero-order valence-corrected chi connectivity index (χ0v) is 10.5. The predicted molar refractivity (Wildman–Crippen MR) is 64.8 cm³/mol. The van der Waals surface area contributed by atoms with E-state index >= 15 is 0 Å². The van der Waals surface area contributed by atoms with Gasteiger partial charge in [0.1, 0.15) is 0 Å². The molecule has 0 heterocycles. The first-order chi connectivity index (χ1) is 7.20. The van der Waals surface area contributed by atoms with Crippen molar-refractivity contribution in [2.75, 3.05) is 13.2 Å². The second kappa shape index (κ2) is 9.94. The first-order valence-corrected chi connectivity index (χ1v) is 5.73. The molecule has 0 aliphatic heterocycles. The van der Waals surface area contributed by atoms with E-state index in [4.69, 9.17) is 9.47 Å². The maximum Gasteiger partial charge on any atom is 0.176 e. The molecule has 0 aromatic rings. The van der Waals surface area contributed by atoms with E-state index in [0.29, 0.717) is 13.2 Å². The van der Waals surface area contributed by atoms with E-state index in [-0.39, 0.29) is 6.29 Å². The van der Waals surface area contributed by atoms with Gasteiger partial charge in [0.2, 0.25) is 0 Å². The number of hydrogen-bond acceptors (Lipinski definition) is 2. The Morgan fingerprint density at radius 1 is 1.07 bits per heavy atom. The third-order valence-electron chi connectivity index (χ3n) is 1.84. The van der Waals surface area contributed by atoms with Crippen LogP contribution in [0.3, 0.4) is 0 Å². The van der Waals surface area contributed by atoms with Crippen LogP contribution in [0, 0.1) is 0 Å². The van der Waals surface area contributed by atoms with Gasteiger partial charge in [0.25, 0.3) is 0 Å². The molecule has 2 heteroatoms. The van der Waals surface area contributed by atoms with Crippen molar-refractivity contribution in [3.63, 3.8) is 0 Å². The lowest BCUT2D eigenvalue weighted by Gasteiger charge is -2.12. The minimum atomic E-state index is -0.174. The summed E-state index contributed by atoms with van der Waals surface area (Å²) in [6, 6.07) is 0. The van der Waals surface area contributed by atoms with Gasteiger partial charge in [0.05, 0.1) is 0 Å². The third kappa shape index (κ3) is 9.70. The molecular weight excluding hydrogens is 188 g/mol. The van der Waals surface area contributed by atoms with Gasteiger partial charge in [-0.2, -0.15) is 0 Å². The molecule has 0 radical (unpaired) electrons. The molecular formula is C13H24O2. The van der Waals surface area contributed by atoms with Crippen molar-refractivity contribution in [1.82, 2.24) is 0 Å². The minimum Gasteiger partial charge on any atom is -0.349 e. The fraction of sp³-hybridized carbons (Fsp3) is 0.692. The van der Waals surface area contributed by atoms with Gasteiger partial charge in [-0.15, -0.1) is 0 Å². The molecule has 0 aromatic heterocycles. The topological polar surface area (TPSA) is 18.5 Å². The molecule has 2 nitrogen and oxygen atoms in total. The van der Waals surface area contributed by atoms with E-state index in [0.717, 1.165) is 12.8 Å². The normalized spacial score (nSPS) is 11.3. The monoisotopic (exact) mass is 212 g/mol. The molecule has 88 valence electrons. The molecule has 0 aliphatic rings. The van der Waals surface area contributed by atoms with Crippen LogP contribution in [0.4, 0.5) is 0 Å². The summed E-state index contributed by atoms with van der Waals surface area (Å²) in [6.07, 6.45) is 8.31. The van der Waals surface area contributed by atoms with Gasteiger partial charge >= 0.3 is 0 Å². The van der Waals surface area contributed by atoms with Crippen LogP contribution in [0.5, 0.6) is 0 Å². The van der Waals surface area contributed by atoms with Crippen molar-refractivity contribution in [3.05, 3.63) is 23.8 Å². The Balaban J connectivity index is 3.73. The molecule has 0 spiro atoms. The first kappa shape index (κ1) is 14.4. The summed E-state index contributed by atoms with van der Waals surface area (Å²) in [7, 11) is 0. The smallest absolute Gasteiger partial charge is 0.176 e. The van der Waals surface area contributed by atoms with Gasteiger partial charge < -0.3 is 9.47 Å². The SMILES string of the molecule is CCOC(C=CCCC=C(C)C)OCC. The van der Waals surface area contributed by atoms with Crippen LogP contribution in [0.1, 0.15) is 40.5 Å². The Labute approximate surface area is 94.0 Å². The minimum absolute atomic E-state index is 0.174. The highest BCUT2D eigenvalue weighted by molar-refractivity contribution is 4.95. The molecule has 0 N–H and O–H groups in total. The summed E-state index contributed by atoms with van der Waals surface area (Å²) in [5, 5.41) is 0. The first-order valence-electron chi connectivity index (χ1n) is 5.73. The second-order valence-corrected chi connectivity index (χ2v) is 3.57. The Bertz CT molecular complexity index is 185. The van der Waals surface area contributed by atoms with Crippen molar-refractivity contribution in [1.29, 1.82) is 0 Å². The van der Waals surface area contributed by atoms with Crippen LogP contribution < -0.4 is 0 Å². The van der Waals surface area contributed by atoms with Crippen molar-refractivity contribution >= 4 is 0 Å². The van der Waals surface area contributed by atoms with Crippen molar-refractivity contribution in [2.45, 2.75) is 46.8 Å². The van der Waals surface area contributed by atoms with Crippen LogP contribution in [-0.4, -0.2) is 19.5 Å². The molecule has 0 saturated heterocycles. The van der Waals surface area contributed by atoms with Crippen molar-refractivity contribution in [2.24, 2.45) is 0 Å². The summed E-state index contributed by atoms with van der Waals surface area (Å²) in [4.78, 5) is 0. The maximum absolute atomic E-state index is 5.39. The highest BCUT2D eigenvalue weighted by Crippen LogP contribution is 2.02. The summed E-state index contributed by atoms with van der Waals surface area (Å²) >= 11 is 0. The van der Waals surface area contributed by atoms with E-state index < -0.39 is 0 Å². The second-order valence-electron chi connectivity index (χ2n) is 3.57. The lowest BCUT2D eigenvalue weighted by atomic mass is 10.2.